The Morgan fingerprint density at radius 2 is 2.12 bits per heavy atom. The van der Waals surface area contributed by atoms with Crippen molar-refractivity contribution < 1.29 is 4.79 Å². The third-order valence-electron chi connectivity index (χ3n) is 2.46. The highest BCUT2D eigenvalue weighted by molar-refractivity contribution is 14.1. The summed E-state index contributed by atoms with van der Waals surface area (Å²) in [7, 11) is 0. The van der Waals surface area contributed by atoms with Crippen molar-refractivity contribution in [3.8, 4) is 0 Å². The van der Waals surface area contributed by atoms with Gasteiger partial charge < -0.3 is 5.32 Å². The summed E-state index contributed by atoms with van der Waals surface area (Å²) in [6.07, 6.45) is 0. The third-order valence-corrected chi connectivity index (χ3v) is 4.52. The highest BCUT2D eigenvalue weighted by atomic mass is 127. The molecule has 0 heterocycles. The van der Waals surface area contributed by atoms with Crippen LogP contribution < -0.4 is 5.32 Å². The molecule has 0 fully saturated rings. The molecule has 1 amide bonds. The lowest BCUT2D eigenvalue weighted by molar-refractivity contribution is 0.0931. The molecule has 1 N–H and O–H groups in total. The lowest BCUT2D eigenvalue weighted by atomic mass is 10.1. The summed E-state index contributed by atoms with van der Waals surface area (Å²) in [6.45, 7) is 4.19. The van der Waals surface area contributed by atoms with Gasteiger partial charge >= 0.3 is 0 Å². The number of alkyl halides is 1. The van der Waals surface area contributed by atoms with Crippen molar-refractivity contribution in [1.82, 2.24) is 5.32 Å². The second-order valence-electron chi connectivity index (χ2n) is 4.10. The van der Waals surface area contributed by atoms with E-state index in [-0.39, 0.29) is 11.9 Å². The van der Waals surface area contributed by atoms with Gasteiger partial charge in [0.2, 0.25) is 0 Å². The van der Waals surface area contributed by atoms with Gasteiger partial charge in [0.05, 0.1) is 5.56 Å². The lowest BCUT2D eigenvalue weighted by Gasteiger charge is -2.20. The van der Waals surface area contributed by atoms with Crippen molar-refractivity contribution in [3.63, 3.8) is 0 Å². The molecule has 0 aromatic heterocycles. The van der Waals surface area contributed by atoms with Crippen LogP contribution in [0.15, 0.2) is 22.7 Å². The van der Waals surface area contributed by atoms with E-state index < -0.39 is 0 Å². The number of hydrogen-bond donors (Lipinski definition) is 1. The Bertz CT molecular complexity index is 409. The first-order valence-electron chi connectivity index (χ1n) is 5.27. The molecule has 1 aromatic rings. The van der Waals surface area contributed by atoms with E-state index >= 15 is 0 Å². The molecule has 1 rings (SSSR count). The van der Waals surface area contributed by atoms with Gasteiger partial charge in [0.15, 0.2) is 0 Å². The average Bonchev–Trinajstić information content (AvgIpc) is 2.28. The normalized spacial score (nSPS) is 12.6. The van der Waals surface area contributed by atoms with Gasteiger partial charge in [-0.05, 0) is 62.6 Å². The fraction of sp³-hybridized carbons (Fsp3) is 0.417. The van der Waals surface area contributed by atoms with Gasteiger partial charge in [-0.15, -0.1) is 0 Å². The maximum atomic E-state index is 12.1. The largest absolute Gasteiger partial charge is 0.348 e. The number of carbonyl (C=O) groups is 1. The van der Waals surface area contributed by atoms with Gasteiger partial charge in [-0.1, -0.05) is 29.8 Å². The van der Waals surface area contributed by atoms with Crippen LogP contribution in [0.4, 0.5) is 0 Å². The summed E-state index contributed by atoms with van der Waals surface area (Å²) in [6, 6.07) is 5.89. The van der Waals surface area contributed by atoms with Gasteiger partial charge in [0.25, 0.3) is 5.91 Å². The molecule has 0 aliphatic heterocycles. The number of halogens is 3. The number of hydrogen-bond acceptors (Lipinski definition) is 1. The molecule has 0 saturated heterocycles. The first-order chi connectivity index (χ1) is 7.95. The number of nitrogens with one attached hydrogen (secondary N) is 1. The predicted octanol–water partition coefficient (Wildman–Crippen LogP) is 4.20. The van der Waals surface area contributed by atoms with E-state index in [0.29, 0.717) is 11.5 Å². The fourth-order valence-corrected chi connectivity index (χ4v) is 3.13. The van der Waals surface area contributed by atoms with Crippen molar-refractivity contribution in [2.24, 2.45) is 5.92 Å². The van der Waals surface area contributed by atoms with Crippen molar-refractivity contribution in [1.29, 1.82) is 0 Å². The highest BCUT2D eigenvalue weighted by Gasteiger charge is 2.17. The molecular formula is C12H14Br2INO. The van der Waals surface area contributed by atoms with E-state index in [1.54, 1.807) is 0 Å². The second-order valence-corrected chi connectivity index (χ2v) is 6.85. The molecule has 0 saturated carbocycles. The first kappa shape index (κ1) is 15.4. The van der Waals surface area contributed by atoms with E-state index in [9.17, 15) is 4.79 Å². The summed E-state index contributed by atoms with van der Waals surface area (Å²) in [4.78, 5) is 12.1. The Kier molecular flexibility index (Phi) is 6.44. The van der Waals surface area contributed by atoms with Gasteiger partial charge in [-0.25, -0.2) is 0 Å². The summed E-state index contributed by atoms with van der Waals surface area (Å²) < 4.78 is 1.88. The molecule has 1 atom stereocenters. The molecule has 2 nitrogen and oxygen atoms in total. The van der Waals surface area contributed by atoms with Crippen LogP contribution in [0.5, 0.6) is 0 Å². The van der Waals surface area contributed by atoms with E-state index in [0.717, 1.165) is 13.4 Å². The summed E-state index contributed by atoms with van der Waals surface area (Å²) in [5, 5.41) is 3.79. The Balaban J connectivity index is 2.86. The Morgan fingerprint density at radius 1 is 1.47 bits per heavy atom. The molecule has 0 spiro atoms. The van der Waals surface area contributed by atoms with Crippen molar-refractivity contribution in [2.75, 3.05) is 5.33 Å². The summed E-state index contributed by atoms with van der Waals surface area (Å²) in [5.41, 5.74) is 0.684. The minimum atomic E-state index is -0.0338. The van der Waals surface area contributed by atoms with Gasteiger partial charge in [0.1, 0.15) is 0 Å². The van der Waals surface area contributed by atoms with E-state index in [1.165, 1.54) is 0 Å². The van der Waals surface area contributed by atoms with Gasteiger partial charge in [0, 0.05) is 19.4 Å². The van der Waals surface area contributed by atoms with Crippen LogP contribution in [0, 0.1) is 9.49 Å². The number of rotatable bonds is 4. The fourth-order valence-electron chi connectivity index (χ4n) is 1.30. The molecule has 1 unspecified atom stereocenters. The average molecular weight is 475 g/mol. The van der Waals surface area contributed by atoms with E-state index in [4.69, 9.17) is 0 Å². The van der Waals surface area contributed by atoms with Crippen LogP contribution in [0.2, 0.25) is 0 Å². The van der Waals surface area contributed by atoms with Crippen LogP contribution in [0.3, 0.4) is 0 Å². The topological polar surface area (TPSA) is 29.1 Å². The minimum Gasteiger partial charge on any atom is -0.348 e. The molecular weight excluding hydrogens is 461 g/mol. The standard InChI is InChI=1S/C12H14Br2INO/c1-7(2)11(6-13)16-12(17)9-5-8(15)3-4-10(9)14/h3-5,7,11H,6H2,1-2H3,(H,16,17). The second kappa shape index (κ2) is 7.09. The molecule has 94 valence electrons. The summed E-state index contributed by atoms with van der Waals surface area (Å²) >= 11 is 9.03. The molecule has 1 aromatic carbocycles. The van der Waals surface area contributed by atoms with Gasteiger partial charge in [-0.3, -0.25) is 4.79 Å². The third kappa shape index (κ3) is 4.52. The van der Waals surface area contributed by atoms with E-state index in [2.05, 4.69) is 73.6 Å². The van der Waals surface area contributed by atoms with Gasteiger partial charge in [-0.2, -0.15) is 0 Å². The molecule has 0 radical (unpaired) electrons. The summed E-state index contributed by atoms with van der Waals surface area (Å²) in [5.74, 6) is 0.369. The lowest BCUT2D eigenvalue weighted by Crippen LogP contribution is -2.39. The van der Waals surface area contributed by atoms with Crippen LogP contribution in [-0.2, 0) is 0 Å². The smallest absolute Gasteiger partial charge is 0.252 e. The quantitative estimate of drug-likeness (QED) is 0.514. The molecule has 0 aliphatic rings. The van der Waals surface area contributed by atoms with Crippen LogP contribution >= 0.6 is 54.5 Å². The number of amides is 1. The number of carbonyl (C=O) groups excluding carboxylic acids is 1. The zero-order valence-electron chi connectivity index (χ0n) is 9.64. The maximum Gasteiger partial charge on any atom is 0.252 e. The predicted molar refractivity (Wildman–Crippen MR) is 86.7 cm³/mol. The van der Waals surface area contributed by atoms with Crippen molar-refractivity contribution in [3.05, 3.63) is 31.8 Å². The maximum absolute atomic E-state index is 12.1. The molecule has 17 heavy (non-hydrogen) atoms. The SMILES string of the molecule is CC(C)C(CBr)NC(=O)c1cc(I)ccc1Br. The van der Waals surface area contributed by atoms with Crippen molar-refractivity contribution in [2.45, 2.75) is 19.9 Å². The molecule has 5 heteroatoms. The molecule has 0 aliphatic carbocycles. The monoisotopic (exact) mass is 473 g/mol. The van der Waals surface area contributed by atoms with Crippen LogP contribution in [0.25, 0.3) is 0 Å². The van der Waals surface area contributed by atoms with Crippen LogP contribution in [0.1, 0.15) is 24.2 Å². The zero-order valence-corrected chi connectivity index (χ0v) is 15.0. The van der Waals surface area contributed by atoms with E-state index in [1.807, 2.05) is 18.2 Å². The zero-order chi connectivity index (χ0) is 13.0. The first-order valence-corrected chi connectivity index (χ1v) is 8.27. The van der Waals surface area contributed by atoms with Crippen molar-refractivity contribution >= 4 is 60.4 Å². The van der Waals surface area contributed by atoms with Crippen LogP contribution in [-0.4, -0.2) is 17.3 Å². The Morgan fingerprint density at radius 3 is 2.65 bits per heavy atom. The highest BCUT2D eigenvalue weighted by Crippen LogP contribution is 2.20. The molecule has 0 bridgehead atoms. The number of benzene rings is 1. The Hall–Kier alpha value is 0.380. The Labute approximate surface area is 132 Å². The minimum absolute atomic E-state index is 0.0338.